The molecule has 1 heterocycles. The minimum atomic E-state index is -0.859. The molecule has 19 heavy (non-hydrogen) atoms. The first kappa shape index (κ1) is 12.7. The lowest BCUT2D eigenvalue weighted by molar-refractivity contribution is 0.0599. The lowest BCUT2D eigenvalue weighted by Gasteiger charge is -2.09. The number of benzene rings is 1. The van der Waals surface area contributed by atoms with Gasteiger partial charge in [-0.1, -0.05) is 12.7 Å². The van der Waals surface area contributed by atoms with Gasteiger partial charge in [-0.15, -0.1) is 0 Å². The fraction of sp³-hybridized carbons (Fsp3) is 0.0769. The van der Waals surface area contributed by atoms with Crippen LogP contribution in [0.3, 0.4) is 0 Å². The van der Waals surface area contributed by atoms with E-state index in [4.69, 9.17) is 4.42 Å². The molecule has 0 aliphatic carbocycles. The van der Waals surface area contributed by atoms with Gasteiger partial charge in [-0.05, 0) is 12.1 Å². The van der Waals surface area contributed by atoms with Crippen molar-refractivity contribution in [2.24, 2.45) is 0 Å². The number of aromatic hydroxyl groups is 2. The molecule has 2 aromatic rings. The molecule has 0 saturated carbocycles. The Labute approximate surface area is 107 Å². The molecule has 2 N–H and O–H groups in total. The van der Waals surface area contributed by atoms with Crippen LogP contribution in [0.15, 0.2) is 27.9 Å². The summed E-state index contributed by atoms with van der Waals surface area (Å²) in [5, 5.41) is 19.6. The monoisotopic (exact) mass is 262 g/mol. The van der Waals surface area contributed by atoms with Crippen LogP contribution in [-0.4, -0.2) is 23.3 Å². The Kier molecular flexibility index (Phi) is 3.00. The third-order valence-corrected chi connectivity index (χ3v) is 2.65. The van der Waals surface area contributed by atoms with E-state index in [1.807, 2.05) is 0 Å². The van der Waals surface area contributed by atoms with Crippen LogP contribution in [-0.2, 0) is 4.74 Å². The standard InChI is InChI=1S/C13H10O6/c1-3-6-11(15)10-8(19-12(6)16)5-4-7(14)9(10)13(17)18-2/h3-5,14-15H,1H2,2H3. The van der Waals surface area contributed by atoms with Crippen LogP contribution in [0.2, 0.25) is 0 Å². The number of phenols is 1. The summed E-state index contributed by atoms with van der Waals surface area (Å²) in [7, 11) is 1.13. The summed E-state index contributed by atoms with van der Waals surface area (Å²) in [4.78, 5) is 23.2. The van der Waals surface area contributed by atoms with Gasteiger partial charge in [-0.2, -0.15) is 0 Å². The highest BCUT2D eigenvalue weighted by Crippen LogP contribution is 2.35. The smallest absolute Gasteiger partial charge is 0.347 e. The second kappa shape index (κ2) is 4.49. The number of rotatable bonds is 2. The van der Waals surface area contributed by atoms with Crippen LogP contribution in [0.1, 0.15) is 15.9 Å². The van der Waals surface area contributed by atoms with Crippen molar-refractivity contribution in [1.82, 2.24) is 0 Å². The lowest BCUT2D eigenvalue weighted by Crippen LogP contribution is -2.07. The van der Waals surface area contributed by atoms with Gasteiger partial charge in [-0.3, -0.25) is 0 Å². The first-order chi connectivity index (χ1) is 9.01. The first-order valence-electron chi connectivity index (χ1n) is 5.23. The summed E-state index contributed by atoms with van der Waals surface area (Å²) < 4.78 is 9.48. The average Bonchev–Trinajstić information content (AvgIpc) is 2.39. The Morgan fingerprint density at radius 3 is 2.68 bits per heavy atom. The maximum atomic E-state index is 11.6. The van der Waals surface area contributed by atoms with Crippen molar-refractivity contribution >= 4 is 23.0 Å². The second-order valence-corrected chi connectivity index (χ2v) is 3.68. The van der Waals surface area contributed by atoms with Crippen molar-refractivity contribution in [3.63, 3.8) is 0 Å². The Morgan fingerprint density at radius 2 is 2.11 bits per heavy atom. The summed E-state index contributed by atoms with van der Waals surface area (Å²) in [6, 6.07) is 2.44. The van der Waals surface area contributed by atoms with Gasteiger partial charge in [0.2, 0.25) is 0 Å². The lowest BCUT2D eigenvalue weighted by atomic mass is 10.0. The molecule has 6 nitrogen and oxygen atoms in total. The molecular formula is C13H10O6. The van der Waals surface area contributed by atoms with Crippen molar-refractivity contribution in [2.75, 3.05) is 7.11 Å². The number of ether oxygens (including phenoxy) is 1. The number of fused-ring (bicyclic) bond motifs is 1. The Morgan fingerprint density at radius 1 is 1.42 bits per heavy atom. The van der Waals surface area contributed by atoms with Gasteiger partial charge in [0.25, 0.3) is 0 Å². The van der Waals surface area contributed by atoms with Gasteiger partial charge >= 0.3 is 11.6 Å². The molecule has 98 valence electrons. The fourth-order valence-corrected chi connectivity index (χ4v) is 1.77. The topological polar surface area (TPSA) is 97.0 Å². The number of carbonyl (C=O) groups is 1. The predicted molar refractivity (Wildman–Crippen MR) is 67.2 cm³/mol. The third-order valence-electron chi connectivity index (χ3n) is 2.65. The van der Waals surface area contributed by atoms with Gasteiger partial charge in [-0.25, -0.2) is 9.59 Å². The number of hydrogen-bond acceptors (Lipinski definition) is 6. The minimum Gasteiger partial charge on any atom is -0.507 e. The average molecular weight is 262 g/mol. The van der Waals surface area contributed by atoms with Crippen molar-refractivity contribution < 1.29 is 24.2 Å². The van der Waals surface area contributed by atoms with Gasteiger partial charge in [0, 0.05) is 0 Å². The molecule has 0 aliphatic rings. The molecule has 0 spiro atoms. The number of esters is 1. The molecule has 0 unspecified atom stereocenters. The molecule has 0 atom stereocenters. The molecule has 2 rings (SSSR count). The Balaban J connectivity index is 3.03. The third kappa shape index (κ3) is 1.83. The van der Waals surface area contributed by atoms with Crippen molar-refractivity contribution in [2.45, 2.75) is 0 Å². The number of phenolic OH excluding ortho intramolecular Hbond substituents is 1. The van der Waals surface area contributed by atoms with E-state index < -0.39 is 23.1 Å². The maximum Gasteiger partial charge on any atom is 0.347 e. The van der Waals surface area contributed by atoms with E-state index in [0.717, 1.165) is 13.2 Å². The zero-order valence-electron chi connectivity index (χ0n) is 9.97. The molecule has 0 saturated heterocycles. The van der Waals surface area contributed by atoms with E-state index in [1.165, 1.54) is 12.1 Å². The van der Waals surface area contributed by atoms with E-state index in [0.29, 0.717) is 0 Å². The summed E-state index contributed by atoms with van der Waals surface area (Å²) in [5.74, 6) is -1.74. The molecule has 0 amide bonds. The zero-order valence-corrected chi connectivity index (χ0v) is 9.97. The summed E-state index contributed by atoms with van der Waals surface area (Å²) in [6.07, 6.45) is 1.10. The van der Waals surface area contributed by atoms with E-state index in [1.54, 1.807) is 0 Å². The highest BCUT2D eigenvalue weighted by Gasteiger charge is 2.22. The number of hydrogen-bond donors (Lipinski definition) is 2. The van der Waals surface area contributed by atoms with Crippen molar-refractivity contribution in [3.8, 4) is 11.5 Å². The van der Waals surface area contributed by atoms with E-state index in [9.17, 15) is 19.8 Å². The molecule has 1 aromatic carbocycles. The van der Waals surface area contributed by atoms with Crippen LogP contribution in [0.25, 0.3) is 17.0 Å². The maximum absolute atomic E-state index is 11.6. The highest BCUT2D eigenvalue weighted by atomic mass is 16.5. The van der Waals surface area contributed by atoms with Crippen molar-refractivity contribution in [3.05, 3.63) is 40.3 Å². The normalized spacial score (nSPS) is 10.4. The predicted octanol–water partition coefficient (Wildman–Crippen LogP) is 1.63. The Hall–Kier alpha value is -2.76. The summed E-state index contributed by atoms with van der Waals surface area (Å²) in [5.41, 5.74) is -1.29. The molecule has 1 aromatic heterocycles. The largest absolute Gasteiger partial charge is 0.507 e. The van der Waals surface area contributed by atoms with Gasteiger partial charge in [0.05, 0.1) is 12.5 Å². The molecule has 6 heteroatoms. The van der Waals surface area contributed by atoms with E-state index >= 15 is 0 Å². The van der Waals surface area contributed by atoms with Crippen LogP contribution in [0, 0.1) is 0 Å². The van der Waals surface area contributed by atoms with E-state index in [2.05, 4.69) is 11.3 Å². The van der Waals surface area contributed by atoms with Crippen LogP contribution in [0.4, 0.5) is 0 Å². The number of carbonyl (C=O) groups excluding carboxylic acids is 1. The molecule has 0 bridgehead atoms. The zero-order chi connectivity index (χ0) is 14.2. The SMILES string of the molecule is C=Cc1c(O)c2c(C(=O)OC)c(O)ccc2oc1=O. The highest BCUT2D eigenvalue weighted by molar-refractivity contribution is 6.08. The van der Waals surface area contributed by atoms with Crippen LogP contribution < -0.4 is 5.63 Å². The molecular weight excluding hydrogens is 252 g/mol. The summed E-state index contributed by atoms with van der Waals surface area (Å²) >= 11 is 0. The van der Waals surface area contributed by atoms with E-state index in [-0.39, 0.29) is 22.1 Å². The number of methoxy groups -OCH3 is 1. The van der Waals surface area contributed by atoms with Gasteiger partial charge in [0.1, 0.15) is 28.2 Å². The molecule has 0 fully saturated rings. The van der Waals surface area contributed by atoms with Gasteiger partial charge in [0.15, 0.2) is 0 Å². The first-order valence-corrected chi connectivity index (χ1v) is 5.23. The van der Waals surface area contributed by atoms with Crippen molar-refractivity contribution in [1.29, 1.82) is 0 Å². The van der Waals surface area contributed by atoms with Crippen LogP contribution in [0.5, 0.6) is 11.5 Å². The van der Waals surface area contributed by atoms with Gasteiger partial charge < -0.3 is 19.4 Å². The summed E-state index contributed by atoms with van der Waals surface area (Å²) in [6.45, 7) is 3.38. The molecule has 0 radical (unpaired) electrons. The quantitative estimate of drug-likeness (QED) is 0.630. The molecule has 0 aliphatic heterocycles. The van der Waals surface area contributed by atoms with Crippen LogP contribution >= 0.6 is 0 Å². The minimum absolute atomic E-state index is 0.0358. The Bertz CT molecular complexity index is 741. The second-order valence-electron chi connectivity index (χ2n) is 3.68. The fourth-order valence-electron chi connectivity index (χ4n) is 1.77.